The zero-order valence-corrected chi connectivity index (χ0v) is 8.07. The van der Waals surface area contributed by atoms with Gasteiger partial charge in [0.2, 0.25) is 0 Å². The van der Waals surface area contributed by atoms with E-state index in [9.17, 15) is 8.42 Å². The summed E-state index contributed by atoms with van der Waals surface area (Å²) in [5.41, 5.74) is 0. The van der Waals surface area contributed by atoms with Crippen molar-refractivity contribution in [3.8, 4) is 0 Å². The van der Waals surface area contributed by atoms with E-state index in [0.717, 1.165) is 0 Å². The number of rotatable bonds is 1. The van der Waals surface area contributed by atoms with Crippen LogP contribution in [-0.4, -0.2) is 18.2 Å². The van der Waals surface area contributed by atoms with Crippen LogP contribution in [0.2, 0.25) is 0 Å². The first kappa shape index (κ1) is 11.7. The standard InChI is InChI=1S/C3H8O3S.Na/c1-3(2)7(4,5)6;/h3H,1-2H3,(H,4,5,6);/q;+1. The van der Waals surface area contributed by atoms with Gasteiger partial charge in [0.1, 0.15) is 0 Å². The van der Waals surface area contributed by atoms with Crippen LogP contribution in [0.25, 0.3) is 0 Å². The molecule has 1 N–H and O–H groups in total. The van der Waals surface area contributed by atoms with Crippen molar-refractivity contribution in [2.24, 2.45) is 0 Å². The smallest absolute Gasteiger partial charge is 0.285 e. The minimum atomic E-state index is -3.74. The summed E-state index contributed by atoms with van der Waals surface area (Å²) in [6.07, 6.45) is 0. The van der Waals surface area contributed by atoms with Gasteiger partial charge in [-0.15, -0.1) is 0 Å². The minimum absolute atomic E-state index is 0. The van der Waals surface area contributed by atoms with E-state index in [1.54, 1.807) is 0 Å². The minimum Gasteiger partial charge on any atom is -0.285 e. The summed E-state index contributed by atoms with van der Waals surface area (Å²) in [5.74, 6) is 0. The molecule has 0 heterocycles. The molecule has 0 saturated heterocycles. The van der Waals surface area contributed by atoms with E-state index < -0.39 is 15.4 Å². The zero-order chi connectivity index (χ0) is 6.08. The van der Waals surface area contributed by atoms with Crippen LogP contribution in [0.15, 0.2) is 0 Å². The molecule has 0 aromatic rings. The monoisotopic (exact) mass is 147 g/mol. The summed E-state index contributed by atoms with van der Waals surface area (Å²) in [7, 11) is -3.74. The predicted octanol–water partition coefficient (Wildman–Crippen LogP) is -2.71. The Labute approximate surface area is 71.5 Å². The molecule has 8 heavy (non-hydrogen) atoms. The van der Waals surface area contributed by atoms with E-state index in [1.165, 1.54) is 13.8 Å². The summed E-state index contributed by atoms with van der Waals surface area (Å²) in [6.45, 7) is 2.82. The summed E-state index contributed by atoms with van der Waals surface area (Å²) in [4.78, 5) is 0. The molecule has 0 bridgehead atoms. The molecule has 44 valence electrons. The van der Waals surface area contributed by atoms with Crippen LogP contribution in [0.5, 0.6) is 0 Å². The molecule has 0 aliphatic heterocycles. The molecule has 0 aromatic heterocycles. The van der Waals surface area contributed by atoms with E-state index in [4.69, 9.17) is 4.55 Å². The molecule has 0 fully saturated rings. The molecule has 0 aromatic carbocycles. The summed E-state index contributed by atoms with van der Waals surface area (Å²) in [5, 5.41) is -0.674. The maximum atomic E-state index is 9.89. The molecule has 0 radical (unpaired) electrons. The summed E-state index contributed by atoms with van der Waals surface area (Å²) < 4.78 is 27.8. The number of hydrogen-bond donors (Lipinski definition) is 1. The maximum Gasteiger partial charge on any atom is 1.00 e. The number of hydrogen-bond acceptors (Lipinski definition) is 2. The molecule has 0 unspecified atom stereocenters. The van der Waals surface area contributed by atoms with Crippen molar-refractivity contribution < 1.29 is 42.5 Å². The first-order chi connectivity index (χ1) is 2.94. The van der Waals surface area contributed by atoms with Gasteiger partial charge in [0.25, 0.3) is 10.1 Å². The Morgan fingerprint density at radius 2 is 1.50 bits per heavy atom. The Morgan fingerprint density at radius 3 is 1.50 bits per heavy atom. The Balaban J connectivity index is 0. The van der Waals surface area contributed by atoms with Crippen molar-refractivity contribution in [3.63, 3.8) is 0 Å². The Bertz CT molecular complexity index is 137. The summed E-state index contributed by atoms with van der Waals surface area (Å²) in [6, 6.07) is 0. The van der Waals surface area contributed by atoms with E-state index >= 15 is 0 Å². The summed E-state index contributed by atoms with van der Waals surface area (Å²) >= 11 is 0. The maximum absolute atomic E-state index is 9.89. The molecule has 0 aliphatic rings. The van der Waals surface area contributed by atoms with Crippen LogP contribution < -0.4 is 29.6 Å². The van der Waals surface area contributed by atoms with Crippen molar-refractivity contribution in [1.29, 1.82) is 0 Å². The SMILES string of the molecule is CC(C)S(=O)(=O)O.[Na+]. The predicted molar refractivity (Wildman–Crippen MR) is 26.7 cm³/mol. The van der Waals surface area contributed by atoms with Crippen LogP contribution >= 0.6 is 0 Å². The second-order valence-electron chi connectivity index (χ2n) is 1.56. The second-order valence-corrected chi connectivity index (χ2v) is 3.54. The van der Waals surface area contributed by atoms with Crippen LogP contribution in [0.4, 0.5) is 0 Å². The van der Waals surface area contributed by atoms with Gasteiger partial charge in [-0.05, 0) is 13.8 Å². The van der Waals surface area contributed by atoms with Crippen LogP contribution in [0.1, 0.15) is 13.8 Å². The molecule has 5 heteroatoms. The molecule has 0 saturated carbocycles. The molecule has 3 nitrogen and oxygen atoms in total. The molecule has 0 rings (SSSR count). The van der Waals surface area contributed by atoms with Crippen molar-refractivity contribution in [3.05, 3.63) is 0 Å². The van der Waals surface area contributed by atoms with Crippen LogP contribution in [-0.2, 0) is 10.1 Å². The van der Waals surface area contributed by atoms with Crippen LogP contribution in [0.3, 0.4) is 0 Å². The second kappa shape index (κ2) is 3.85. The zero-order valence-electron chi connectivity index (χ0n) is 5.25. The van der Waals surface area contributed by atoms with Gasteiger partial charge in [0, 0.05) is 0 Å². The third-order valence-corrected chi connectivity index (χ3v) is 1.79. The van der Waals surface area contributed by atoms with Crippen molar-refractivity contribution in [2.75, 3.05) is 0 Å². The Kier molecular flexibility index (Phi) is 5.61. The van der Waals surface area contributed by atoms with E-state index in [1.807, 2.05) is 0 Å². The fourth-order valence-corrected chi connectivity index (χ4v) is 0. The molecule has 0 aliphatic carbocycles. The van der Waals surface area contributed by atoms with Gasteiger partial charge in [0.15, 0.2) is 0 Å². The molecule has 0 spiro atoms. The first-order valence-electron chi connectivity index (χ1n) is 1.91. The fourth-order valence-electron chi connectivity index (χ4n) is 0. The average Bonchev–Trinajstić information content (AvgIpc) is 1.31. The van der Waals surface area contributed by atoms with Gasteiger partial charge in [-0.2, -0.15) is 8.42 Å². The topological polar surface area (TPSA) is 54.4 Å². The van der Waals surface area contributed by atoms with Crippen LogP contribution in [0, 0.1) is 0 Å². The Hall–Kier alpha value is 0.910. The van der Waals surface area contributed by atoms with E-state index in [0.29, 0.717) is 0 Å². The third-order valence-electron chi connectivity index (χ3n) is 0.596. The molecular formula is C3H8NaO3S+. The van der Waals surface area contributed by atoms with E-state index in [2.05, 4.69) is 0 Å². The Morgan fingerprint density at radius 1 is 1.38 bits per heavy atom. The normalized spacial score (nSPS) is 11.0. The first-order valence-corrected chi connectivity index (χ1v) is 3.41. The van der Waals surface area contributed by atoms with Gasteiger partial charge in [-0.1, -0.05) is 0 Å². The largest absolute Gasteiger partial charge is 1.00 e. The fraction of sp³-hybridized carbons (Fsp3) is 1.00. The van der Waals surface area contributed by atoms with Crippen molar-refractivity contribution >= 4 is 10.1 Å². The van der Waals surface area contributed by atoms with Gasteiger partial charge in [-0.3, -0.25) is 4.55 Å². The van der Waals surface area contributed by atoms with Crippen molar-refractivity contribution in [1.82, 2.24) is 0 Å². The van der Waals surface area contributed by atoms with Gasteiger partial charge >= 0.3 is 29.6 Å². The molecule has 0 atom stereocenters. The van der Waals surface area contributed by atoms with Crippen molar-refractivity contribution in [2.45, 2.75) is 19.1 Å². The molecular weight excluding hydrogens is 139 g/mol. The van der Waals surface area contributed by atoms with Gasteiger partial charge in [0.05, 0.1) is 5.25 Å². The van der Waals surface area contributed by atoms with Gasteiger partial charge in [-0.25, -0.2) is 0 Å². The van der Waals surface area contributed by atoms with Gasteiger partial charge < -0.3 is 0 Å². The quantitative estimate of drug-likeness (QED) is 0.324. The average molecular weight is 147 g/mol. The van der Waals surface area contributed by atoms with E-state index in [-0.39, 0.29) is 29.6 Å². The molecule has 0 amide bonds. The third kappa shape index (κ3) is 5.05.